The van der Waals surface area contributed by atoms with Crippen molar-refractivity contribution in [1.82, 2.24) is 14.9 Å². The fourth-order valence-corrected chi connectivity index (χ4v) is 4.73. The predicted octanol–water partition coefficient (Wildman–Crippen LogP) is 4.39. The van der Waals surface area contributed by atoms with Gasteiger partial charge in [0.1, 0.15) is 10.7 Å². The summed E-state index contributed by atoms with van der Waals surface area (Å²) in [5, 5.41) is 0.665. The standard InChI is InChI=1S/C22H27N3O2S/c1-13(2)20(16-9-7-6-8-10-16)25(5)18(26)12-11-17-23-21(27)19-14(3)15(4)28-22(19)24-17/h6-10,13,20H,11-12H2,1-5H3,(H,23,24,27). The van der Waals surface area contributed by atoms with E-state index in [9.17, 15) is 9.59 Å². The van der Waals surface area contributed by atoms with Crippen LogP contribution in [0.4, 0.5) is 0 Å². The van der Waals surface area contributed by atoms with E-state index in [-0.39, 0.29) is 17.5 Å². The second kappa shape index (κ2) is 8.27. The van der Waals surface area contributed by atoms with Crippen molar-refractivity contribution in [3.8, 4) is 0 Å². The molecule has 6 heteroatoms. The van der Waals surface area contributed by atoms with Gasteiger partial charge in [-0.15, -0.1) is 11.3 Å². The minimum absolute atomic E-state index is 0.0192. The summed E-state index contributed by atoms with van der Waals surface area (Å²) in [6, 6.07) is 10.1. The highest BCUT2D eigenvalue weighted by molar-refractivity contribution is 7.18. The summed E-state index contributed by atoms with van der Waals surface area (Å²) in [7, 11) is 1.85. The Balaban J connectivity index is 1.76. The molecule has 1 atom stereocenters. The molecule has 0 spiro atoms. The maximum Gasteiger partial charge on any atom is 0.259 e. The van der Waals surface area contributed by atoms with E-state index < -0.39 is 0 Å². The van der Waals surface area contributed by atoms with E-state index in [1.165, 1.54) is 11.3 Å². The van der Waals surface area contributed by atoms with Crippen LogP contribution in [0, 0.1) is 19.8 Å². The lowest BCUT2D eigenvalue weighted by Gasteiger charge is -2.32. The topological polar surface area (TPSA) is 66.1 Å². The first kappa shape index (κ1) is 20.3. The molecular weight excluding hydrogens is 370 g/mol. The maximum absolute atomic E-state index is 12.9. The summed E-state index contributed by atoms with van der Waals surface area (Å²) in [5.74, 6) is 0.910. The van der Waals surface area contributed by atoms with Crippen molar-refractivity contribution >= 4 is 27.5 Å². The van der Waals surface area contributed by atoms with E-state index in [4.69, 9.17) is 0 Å². The normalized spacial score (nSPS) is 12.5. The Kier molecular flexibility index (Phi) is 5.98. The van der Waals surface area contributed by atoms with Crippen molar-refractivity contribution in [3.63, 3.8) is 0 Å². The lowest BCUT2D eigenvalue weighted by atomic mass is 9.94. The highest BCUT2D eigenvalue weighted by Gasteiger charge is 2.24. The lowest BCUT2D eigenvalue weighted by Crippen LogP contribution is -2.34. The Hall–Kier alpha value is -2.47. The molecule has 0 aliphatic carbocycles. The third-order valence-corrected chi connectivity index (χ3v) is 6.35. The second-order valence-electron chi connectivity index (χ2n) is 7.58. The number of rotatable bonds is 6. The number of benzene rings is 1. The van der Waals surface area contributed by atoms with Crippen LogP contribution in [0.15, 0.2) is 35.1 Å². The van der Waals surface area contributed by atoms with E-state index in [0.717, 1.165) is 20.8 Å². The Labute approximate surface area is 169 Å². The van der Waals surface area contributed by atoms with Crippen molar-refractivity contribution in [2.45, 2.75) is 46.6 Å². The van der Waals surface area contributed by atoms with Gasteiger partial charge in [-0.3, -0.25) is 9.59 Å². The molecule has 1 amide bonds. The summed E-state index contributed by atoms with van der Waals surface area (Å²) in [4.78, 5) is 36.4. The summed E-state index contributed by atoms with van der Waals surface area (Å²) in [6.07, 6.45) is 0.730. The van der Waals surface area contributed by atoms with Crippen LogP contribution in [-0.2, 0) is 11.2 Å². The molecule has 3 aromatic rings. The zero-order valence-electron chi connectivity index (χ0n) is 17.1. The fourth-order valence-electron chi connectivity index (χ4n) is 3.68. The highest BCUT2D eigenvalue weighted by Crippen LogP contribution is 2.28. The molecule has 0 saturated carbocycles. The van der Waals surface area contributed by atoms with Gasteiger partial charge < -0.3 is 9.88 Å². The number of hydrogen-bond acceptors (Lipinski definition) is 4. The van der Waals surface area contributed by atoms with Crippen LogP contribution in [0.25, 0.3) is 10.2 Å². The van der Waals surface area contributed by atoms with E-state index in [0.29, 0.717) is 30.0 Å². The highest BCUT2D eigenvalue weighted by atomic mass is 32.1. The molecule has 0 aliphatic heterocycles. The van der Waals surface area contributed by atoms with Crippen LogP contribution in [-0.4, -0.2) is 27.8 Å². The molecule has 0 fully saturated rings. The fraction of sp³-hybridized carbons (Fsp3) is 0.409. The Bertz CT molecular complexity index is 1040. The number of nitrogens with one attached hydrogen (secondary N) is 1. The lowest BCUT2D eigenvalue weighted by molar-refractivity contribution is -0.133. The Morgan fingerprint density at radius 3 is 2.54 bits per heavy atom. The maximum atomic E-state index is 12.9. The van der Waals surface area contributed by atoms with Crippen molar-refractivity contribution < 1.29 is 4.79 Å². The number of H-pyrrole nitrogens is 1. The average Bonchev–Trinajstić information content (AvgIpc) is 2.94. The molecule has 5 nitrogen and oxygen atoms in total. The van der Waals surface area contributed by atoms with Gasteiger partial charge in [0.25, 0.3) is 5.56 Å². The first-order valence-electron chi connectivity index (χ1n) is 9.59. The molecule has 2 heterocycles. The third kappa shape index (κ3) is 4.02. The third-order valence-electron chi connectivity index (χ3n) is 5.25. The quantitative estimate of drug-likeness (QED) is 0.671. The summed E-state index contributed by atoms with van der Waals surface area (Å²) in [5.41, 5.74) is 2.00. The molecule has 1 aromatic carbocycles. The molecule has 0 saturated heterocycles. The minimum Gasteiger partial charge on any atom is -0.338 e. The summed E-state index contributed by atoms with van der Waals surface area (Å²) < 4.78 is 0. The molecule has 0 bridgehead atoms. The van der Waals surface area contributed by atoms with Gasteiger partial charge in [-0.1, -0.05) is 44.2 Å². The molecule has 1 N–H and O–H groups in total. The zero-order valence-corrected chi connectivity index (χ0v) is 17.9. The number of aromatic amines is 1. The van der Waals surface area contributed by atoms with E-state index in [1.807, 2.05) is 44.0 Å². The smallest absolute Gasteiger partial charge is 0.259 e. The minimum atomic E-state index is -0.119. The van der Waals surface area contributed by atoms with E-state index in [1.54, 1.807) is 0 Å². The number of fused-ring (bicyclic) bond motifs is 1. The van der Waals surface area contributed by atoms with E-state index in [2.05, 4.69) is 35.9 Å². The van der Waals surface area contributed by atoms with Crippen molar-refractivity contribution in [1.29, 1.82) is 0 Å². The molecule has 28 heavy (non-hydrogen) atoms. The van der Waals surface area contributed by atoms with Gasteiger partial charge in [0, 0.05) is 24.8 Å². The number of carbonyl (C=O) groups excluding carboxylic acids is 1. The second-order valence-corrected chi connectivity index (χ2v) is 8.78. The van der Waals surface area contributed by atoms with Gasteiger partial charge in [-0.2, -0.15) is 0 Å². The SMILES string of the molecule is Cc1sc2nc(CCC(=O)N(C)C(c3ccccc3)C(C)C)[nH]c(=O)c2c1C. The van der Waals surface area contributed by atoms with Crippen molar-refractivity contribution in [3.05, 3.63) is 62.5 Å². The molecule has 0 radical (unpaired) electrons. The van der Waals surface area contributed by atoms with E-state index >= 15 is 0 Å². The van der Waals surface area contributed by atoms with Gasteiger partial charge in [0.15, 0.2) is 0 Å². The molecule has 2 aromatic heterocycles. The summed E-state index contributed by atoms with van der Waals surface area (Å²) in [6.45, 7) is 8.18. The Morgan fingerprint density at radius 1 is 1.21 bits per heavy atom. The molecular formula is C22H27N3O2S. The van der Waals surface area contributed by atoms with Crippen LogP contribution in [0.1, 0.15) is 48.1 Å². The van der Waals surface area contributed by atoms with Crippen molar-refractivity contribution in [2.75, 3.05) is 7.05 Å². The monoisotopic (exact) mass is 397 g/mol. The van der Waals surface area contributed by atoms with Gasteiger partial charge >= 0.3 is 0 Å². The average molecular weight is 398 g/mol. The number of thiophene rings is 1. The number of amides is 1. The summed E-state index contributed by atoms with van der Waals surface area (Å²) >= 11 is 1.53. The van der Waals surface area contributed by atoms with Crippen molar-refractivity contribution in [2.24, 2.45) is 5.92 Å². The van der Waals surface area contributed by atoms with Gasteiger partial charge in [-0.05, 0) is 30.9 Å². The number of nitrogens with zero attached hydrogens (tertiary/aromatic N) is 2. The van der Waals surface area contributed by atoms with Crippen LogP contribution in [0.5, 0.6) is 0 Å². The molecule has 0 aliphatic rings. The number of aryl methyl sites for hydroxylation is 3. The largest absolute Gasteiger partial charge is 0.338 e. The van der Waals surface area contributed by atoms with Crippen LogP contribution in [0.2, 0.25) is 0 Å². The molecule has 3 rings (SSSR count). The van der Waals surface area contributed by atoms with Crippen LogP contribution >= 0.6 is 11.3 Å². The van der Waals surface area contributed by atoms with Crippen LogP contribution < -0.4 is 5.56 Å². The van der Waals surface area contributed by atoms with Gasteiger partial charge in [-0.25, -0.2) is 4.98 Å². The molecule has 148 valence electrons. The molecule has 1 unspecified atom stereocenters. The number of carbonyl (C=O) groups is 1. The zero-order chi connectivity index (χ0) is 20.4. The first-order valence-corrected chi connectivity index (χ1v) is 10.4. The van der Waals surface area contributed by atoms with Gasteiger partial charge in [0.05, 0.1) is 11.4 Å². The number of aromatic nitrogens is 2. The first-order chi connectivity index (χ1) is 13.3. The van der Waals surface area contributed by atoms with Crippen LogP contribution in [0.3, 0.4) is 0 Å². The Morgan fingerprint density at radius 2 is 1.89 bits per heavy atom. The number of hydrogen-bond donors (Lipinski definition) is 1. The van der Waals surface area contributed by atoms with Gasteiger partial charge in [0.2, 0.25) is 5.91 Å². The predicted molar refractivity (Wildman–Crippen MR) is 115 cm³/mol.